The molecule has 1 fully saturated rings. The molecular formula is C23H25N3O. The quantitative estimate of drug-likeness (QED) is 0.767. The number of nitrogens with two attached hydrogens (primary N) is 1. The molecule has 0 radical (unpaired) electrons. The van der Waals surface area contributed by atoms with Crippen LogP contribution in [0.3, 0.4) is 0 Å². The number of hydrogen-bond acceptors (Lipinski definition) is 2. The van der Waals surface area contributed by atoms with Crippen LogP contribution in [0.25, 0.3) is 5.69 Å². The van der Waals surface area contributed by atoms with Crippen LogP contribution in [0.15, 0.2) is 73.1 Å². The van der Waals surface area contributed by atoms with E-state index >= 15 is 0 Å². The molecule has 0 aliphatic carbocycles. The normalized spacial score (nSPS) is 15.1. The first kappa shape index (κ1) is 17.6. The van der Waals surface area contributed by atoms with E-state index in [1.807, 2.05) is 58.3 Å². The maximum atomic E-state index is 12.8. The Morgan fingerprint density at radius 1 is 0.963 bits per heavy atom. The molecule has 0 unspecified atom stereocenters. The molecule has 1 amide bonds. The Labute approximate surface area is 160 Å². The van der Waals surface area contributed by atoms with Crippen molar-refractivity contribution >= 4 is 5.91 Å². The highest BCUT2D eigenvalue weighted by Gasteiger charge is 2.24. The number of nitrogens with zero attached hydrogens (tertiary/aromatic N) is 2. The first-order valence-electron chi connectivity index (χ1n) is 9.56. The topological polar surface area (TPSA) is 51.3 Å². The Hall–Kier alpha value is -2.85. The predicted octanol–water partition coefficient (Wildman–Crippen LogP) is 3.96. The molecule has 0 bridgehead atoms. The Morgan fingerprint density at radius 2 is 1.67 bits per heavy atom. The molecule has 4 rings (SSSR count). The third kappa shape index (κ3) is 3.81. The molecule has 2 heterocycles. The SMILES string of the molecule is NCc1cccc(C2CCN(C(=O)c3ccc(-n4cccc4)cc3)CC2)c1. The lowest BCUT2D eigenvalue weighted by atomic mass is 9.88. The summed E-state index contributed by atoms with van der Waals surface area (Å²) in [5.74, 6) is 0.639. The highest BCUT2D eigenvalue weighted by molar-refractivity contribution is 5.94. The zero-order valence-corrected chi connectivity index (χ0v) is 15.4. The molecule has 0 spiro atoms. The number of carbonyl (C=O) groups is 1. The second kappa shape index (κ2) is 7.80. The Morgan fingerprint density at radius 3 is 2.33 bits per heavy atom. The van der Waals surface area contributed by atoms with Crippen LogP contribution in [0.4, 0.5) is 0 Å². The summed E-state index contributed by atoms with van der Waals surface area (Å²) in [4.78, 5) is 14.8. The summed E-state index contributed by atoms with van der Waals surface area (Å²) in [6.07, 6.45) is 6.00. The number of piperidine rings is 1. The van der Waals surface area contributed by atoms with Gasteiger partial charge in [0.1, 0.15) is 0 Å². The van der Waals surface area contributed by atoms with Crippen LogP contribution in [0, 0.1) is 0 Å². The fourth-order valence-electron chi connectivity index (χ4n) is 3.86. The molecule has 0 atom stereocenters. The van der Waals surface area contributed by atoms with Gasteiger partial charge >= 0.3 is 0 Å². The Kier molecular flexibility index (Phi) is 5.07. The van der Waals surface area contributed by atoms with Gasteiger partial charge < -0.3 is 15.2 Å². The lowest BCUT2D eigenvalue weighted by Crippen LogP contribution is -2.37. The van der Waals surface area contributed by atoms with E-state index in [0.29, 0.717) is 12.5 Å². The minimum absolute atomic E-state index is 0.128. The number of carbonyl (C=O) groups excluding carboxylic acids is 1. The number of aromatic nitrogens is 1. The Balaban J connectivity index is 1.39. The van der Waals surface area contributed by atoms with E-state index in [1.54, 1.807) is 0 Å². The fourth-order valence-corrected chi connectivity index (χ4v) is 3.86. The number of hydrogen-bond donors (Lipinski definition) is 1. The van der Waals surface area contributed by atoms with Gasteiger partial charge in [0.25, 0.3) is 5.91 Å². The first-order chi connectivity index (χ1) is 13.2. The first-order valence-corrected chi connectivity index (χ1v) is 9.56. The maximum absolute atomic E-state index is 12.8. The number of likely N-dealkylation sites (tertiary alicyclic amines) is 1. The third-order valence-electron chi connectivity index (χ3n) is 5.46. The van der Waals surface area contributed by atoms with Crippen LogP contribution in [0.5, 0.6) is 0 Å². The highest BCUT2D eigenvalue weighted by atomic mass is 16.2. The van der Waals surface area contributed by atoms with E-state index in [9.17, 15) is 4.79 Å². The summed E-state index contributed by atoms with van der Waals surface area (Å²) in [5.41, 5.74) is 10.1. The van der Waals surface area contributed by atoms with E-state index in [1.165, 1.54) is 11.1 Å². The molecule has 0 saturated carbocycles. The average Bonchev–Trinajstić information content (AvgIpc) is 3.28. The molecule has 3 aromatic rings. The van der Waals surface area contributed by atoms with E-state index in [2.05, 4.69) is 24.3 Å². The smallest absolute Gasteiger partial charge is 0.253 e. The second-order valence-electron chi connectivity index (χ2n) is 7.15. The lowest BCUT2D eigenvalue weighted by molar-refractivity contribution is 0.0713. The molecule has 1 aromatic heterocycles. The molecule has 4 nitrogen and oxygen atoms in total. The van der Waals surface area contributed by atoms with Gasteiger partial charge in [-0.15, -0.1) is 0 Å². The minimum atomic E-state index is 0.128. The summed E-state index contributed by atoms with van der Waals surface area (Å²) >= 11 is 0. The van der Waals surface area contributed by atoms with Gasteiger partial charge in [-0.2, -0.15) is 0 Å². The highest BCUT2D eigenvalue weighted by Crippen LogP contribution is 2.29. The summed E-state index contributed by atoms with van der Waals surface area (Å²) < 4.78 is 2.04. The number of rotatable bonds is 4. The lowest BCUT2D eigenvalue weighted by Gasteiger charge is -2.32. The predicted molar refractivity (Wildman–Crippen MR) is 108 cm³/mol. The zero-order chi connectivity index (χ0) is 18.6. The monoisotopic (exact) mass is 359 g/mol. The molecule has 27 heavy (non-hydrogen) atoms. The number of benzene rings is 2. The van der Waals surface area contributed by atoms with Gasteiger partial charge in [0.05, 0.1) is 0 Å². The zero-order valence-electron chi connectivity index (χ0n) is 15.4. The second-order valence-corrected chi connectivity index (χ2v) is 7.15. The van der Waals surface area contributed by atoms with Crippen molar-refractivity contribution in [2.24, 2.45) is 5.73 Å². The summed E-state index contributed by atoms with van der Waals surface area (Å²) in [7, 11) is 0. The van der Waals surface area contributed by atoms with Gasteiger partial charge in [-0.05, 0) is 66.3 Å². The van der Waals surface area contributed by atoms with Crippen molar-refractivity contribution in [1.29, 1.82) is 0 Å². The van der Waals surface area contributed by atoms with Crippen LogP contribution >= 0.6 is 0 Å². The van der Waals surface area contributed by atoms with Crippen molar-refractivity contribution in [2.75, 3.05) is 13.1 Å². The van der Waals surface area contributed by atoms with E-state index in [4.69, 9.17) is 5.73 Å². The van der Waals surface area contributed by atoms with Crippen molar-refractivity contribution < 1.29 is 4.79 Å². The van der Waals surface area contributed by atoms with Gasteiger partial charge in [-0.3, -0.25) is 4.79 Å². The van der Waals surface area contributed by atoms with Crippen LogP contribution in [-0.4, -0.2) is 28.5 Å². The maximum Gasteiger partial charge on any atom is 0.253 e. The molecule has 2 aromatic carbocycles. The average molecular weight is 359 g/mol. The molecule has 1 aliphatic heterocycles. The number of amides is 1. The van der Waals surface area contributed by atoms with Crippen molar-refractivity contribution in [3.63, 3.8) is 0 Å². The van der Waals surface area contributed by atoms with Crippen LogP contribution in [0.1, 0.15) is 40.2 Å². The molecule has 4 heteroatoms. The van der Waals surface area contributed by atoms with Crippen LogP contribution in [-0.2, 0) is 6.54 Å². The van der Waals surface area contributed by atoms with Crippen molar-refractivity contribution in [3.8, 4) is 5.69 Å². The molecule has 1 aliphatic rings. The summed E-state index contributed by atoms with van der Waals surface area (Å²) in [6.45, 7) is 2.18. The third-order valence-corrected chi connectivity index (χ3v) is 5.46. The van der Waals surface area contributed by atoms with Gasteiger partial charge in [0, 0.05) is 43.3 Å². The van der Waals surface area contributed by atoms with Gasteiger partial charge in [-0.1, -0.05) is 24.3 Å². The van der Waals surface area contributed by atoms with Gasteiger partial charge in [0.15, 0.2) is 0 Å². The largest absolute Gasteiger partial charge is 0.339 e. The summed E-state index contributed by atoms with van der Waals surface area (Å²) in [5, 5.41) is 0. The summed E-state index contributed by atoms with van der Waals surface area (Å²) in [6, 6.07) is 20.4. The van der Waals surface area contributed by atoms with Gasteiger partial charge in [0.2, 0.25) is 0 Å². The van der Waals surface area contributed by atoms with E-state index < -0.39 is 0 Å². The van der Waals surface area contributed by atoms with E-state index in [0.717, 1.165) is 37.2 Å². The molecular weight excluding hydrogens is 334 g/mol. The minimum Gasteiger partial charge on any atom is -0.339 e. The molecule has 138 valence electrons. The van der Waals surface area contributed by atoms with Crippen molar-refractivity contribution in [1.82, 2.24) is 9.47 Å². The van der Waals surface area contributed by atoms with Crippen LogP contribution in [0.2, 0.25) is 0 Å². The van der Waals surface area contributed by atoms with E-state index in [-0.39, 0.29) is 5.91 Å². The van der Waals surface area contributed by atoms with Crippen molar-refractivity contribution in [3.05, 3.63) is 89.7 Å². The molecule has 2 N–H and O–H groups in total. The van der Waals surface area contributed by atoms with Gasteiger partial charge in [-0.25, -0.2) is 0 Å². The fraction of sp³-hybridized carbons (Fsp3) is 0.261. The van der Waals surface area contributed by atoms with Crippen LogP contribution < -0.4 is 5.73 Å². The Bertz CT molecular complexity index is 892. The van der Waals surface area contributed by atoms with Crippen molar-refractivity contribution in [2.45, 2.75) is 25.3 Å². The molecule has 1 saturated heterocycles. The standard InChI is InChI=1S/C23H25N3O/c24-17-18-4-3-5-21(16-18)19-10-14-26(15-11-19)23(27)20-6-8-22(9-7-20)25-12-1-2-13-25/h1-9,12-13,16,19H,10-11,14-15,17,24H2.